The highest BCUT2D eigenvalue weighted by Gasteiger charge is 2.35. The van der Waals surface area contributed by atoms with E-state index in [1.165, 1.54) is 5.56 Å². The third-order valence-electron chi connectivity index (χ3n) is 6.03. The van der Waals surface area contributed by atoms with Crippen molar-refractivity contribution in [2.45, 2.75) is 19.9 Å². The van der Waals surface area contributed by atoms with Crippen molar-refractivity contribution in [3.8, 4) is 17.2 Å². The van der Waals surface area contributed by atoms with Crippen LogP contribution in [-0.2, 0) is 13.0 Å². The van der Waals surface area contributed by atoms with Crippen LogP contribution in [0, 0.1) is 6.92 Å². The topological polar surface area (TPSA) is 48.0 Å². The summed E-state index contributed by atoms with van der Waals surface area (Å²) in [7, 11) is 1.67. The number of hydrogen-bond acceptors (Lipinski definition) is 5. The van der Waals surface area contributed by atoms with Crippen LogP contribution >= 0.6 is 11.6 Å². The molecule has 0 saturated heterocycles. The molecule has 0 radical (unpaired) electrons. The number of hydrogen-bond donors (Lipinski definition) is 0. The lowest BCUT2D eigenvalue weighted by Gasteiger charge is -2.30. The van der Waals surface area contributed by atoms with E-state index < -0.39 is 0 Å². The predicted molar refractivity (Wildman–Crippen MR) is 128 cm³/mol. The molecule has 0 bridgehead atoms. The predicted octanol–water partition coefficient (Wildman–Crippen LogP) is 5.67. The van der Waals surface area contributed by atoms with Crippen LogP contribution < -0.4 is 14.2 Å². The Bertz CT molecular complexity index is 1230. The van der Waals surface area contributed by atoms with E-state index in [4.69, 9.17) is 25.8 Å². The van der Waals surface area contributed by atoms with Gasteiger partial charge in [-0.25, -0.2) is 0 Å². The quantitative estimate of drug-likeness (QED) is 0.458. The second kappa shape index (κ2) is 8.93. The number of nitrogens with zero attached hydrogens (tertiary/aromatic N) is 1. The number of ketones is 1. The molecule has 0 fully saturated rings. The molecular formula is C27H24ClNO4. The first-order valence-electron chi connectivity index (χ1n) is 10.9. The Morgan fingerprint density at radius 2 is 1.88 bits per heavy atom. The SMILES string of the molecule is COc1ccc(CCN2COc3cc(C)c4c(c3C2)O/C(=C/c2ccc(Cl)cc2)C4=O)cc1. The normalized spacial score (nSPS) is 16.2. The van der Waals surface area contributed by atoms with Gasteiger partial charge < -0.3 is 14.2 Å². The Kier molecular flexibility index (Phi) is 5.83. The fourth-order valence-corrected chi connectivity index (χ4v) is 4.34. The van der Waals surface area contributed by atoms with Gasteiger partial charge in [-0.15, -0.1) is 0 Å². The number of methoxy groups -OCH3 is 1. The number of Topliss-reactive ketones (excluding diaryl/α,β-unsaturated/α-hetero) is 1. The number of aryl methyl sites for hydroxylation is 1. The maximum absolute atomic E-state index is 13.1. The summed E-state index contributed by atoms with van der Waals surface area (Å²) in [4.78, 5) is 15.4. The van der Waals surface area contributed by atoms with Gasteiger partial charge in [-0.3, -0.25) is 9.69 Å². The summed E-state index contributed by atoms with van der Waals surface area (Å²) in [5.41, 5.74) is 4.49. The van der Waals surface area contributed by atoms with Crippen LogP contribution in [0.2, 0.25) is 5.02 Å². The fraction of sp³-hybridized carbons (Fsp3) is 0.222. The minimum Gasteiger partial charge on any atom is -0.497 e. The first kappa shape index (κ1) is 21.6. The molecule has 3 aromatic carbocycles. The van der Waals surface area contributed by atoms with E-state index in [9.17, 15) is 4.79 Å². The van der Waals surface area contributed by atoms with Crippen molar-refractivity contribution in [3.05, 3.63) is 93.2 Å². The van der Waals surface area contributed by atoms with Crippen LogP contribution in [0.15, 0.2) is 60.4 Å². The van der Waals surface area contributed by atoms with Gasteiger partial charge in [-0.2, -0.15) is 0 Å². The molecule has 2 aliphatic rings. The van der Waals surface area contributed by atoms with Crippen molar-refractivity contribution in [2.75, 3.05) is 20.4 Å². The molecule has 3 aromatic rings. The van der Waals surface area contributed by atoms with Gasteiger partial charge in [0.2, 0.25) is 5.78 Å². The van der Waals surface area contributed by atoms with E-state index in [-0.39, 0.29) is 5.78 Å². The number of fused-ring (bicyclic) bond motifs is 3. The molecular weight excluding hydrogens is 438 g/mol. The average molecular weight is 462 g/mol. The van der Waals surface area contributed by atoms with Gasteiger partial charge in [0.25, 0.3) is 0 Å². The lowest BCUT2D eigenvalue weighted by molar-refractivity contribution is 0.0949. The summed E-state index contributed by atoms with van der Waals surface area (Å²) in [5.74, 6) is 2.47. The highest BCUT2D eigenvalue weighted by Crippen LogP contribution is 2.44. The lowest BCUT2D eigenvalue weighted by atomic mass is 9.98. The second-order valence-electron chi connectivity index (χ2n) is 8.29. The van der Waals surface area contributed by atoms with Crippen molar-refractivity contribution in [2.24, 2.45) is 0 Å². The number of benzene rings is 3. The lowest BCUT2D eigenvalue weighted by Crippen LogP contribution is -2.33. The molecule has 5 nitrogen and oxygen atoms in total. The molecule has 0 aromatic heterocycles. The molecule has 6 heteroatoms. The first-order valence-corrected chi connectivity index (χ1v) is 11.2. The van der Waals surface area contributed by atoms with E-state index in [1.807, 2.05) is 37.3 Å². The molecule has 0 aliphatic carbocycles. The third-order valence-corrected chi connectivity index (χ3v) is 6.28. The molecule has 2 aliphatic heterocycles. The molecule has 0 atom stereocenters. The molecule has 5 rings (SSSR count). The Labute approximate surface area is 198 Å². The van der Waals surface area contributed by atoms with E-state index in [2.05, 4.69) is 17.0 Å². The summed E-state index contributed by atoms with van der Waals surface area (Å²) in [6, 6.07) is 17.4. The smallest absolute Gasteiger partial charge is 0.232 e. The van der Waals surface area contributed by atoms with Crippen molar-refractivity contribution < 1.29 is 19.0 Å². The molecule has 0 saturated carbocycles. The van der Waals surface area contributed by atoms with Gasteiger partial charge in [-0.1, -0.05) is 35.9 Å². The van der Waals surface area contributed by atoms with Crippen LogP contribution in [-0.4, -0.2) is 31.1 Å². The van der Waals surface area contributed by atoms with Crippen LogP contribution in [0.4, 0.5) is 0 Å². The largest absolute Gasteiger partial charge is 0.497 e. The Balaban J connectivity index is 1.36. The monoisotopic (exact) mass is 461 g/mol. The highest BCUT2D eigenvalue weighted by atomic mass is 35.5. The maximum Gasteiger partial charge on any atom is 0.232 e. The van der Waals surface area contributed by atoms with Gasteiger partial charge >= 0.3 is 0 Å². The van der Waals surface area contributed by atoms with Gasteiger partial charge in [0, 0.05) is 18.1 Å². The van der Waals surface area contributed by atoms with Crippen LogP contribution in [0.1, 0.15) is 32.6 Å². The van der Waals surface area contributed by atoms with Gasteiger partial charge in [0.1, 0.15) is 24.0 Å². The summed E-state index contributed by atoms with van der Waals surface area (Å²) in [6.45, 7) is 3.92. The Morgan fingerprint density at radius 3 is 2.61 bits per heavy atom. The second-order valence-corrected chi connectivity index (χ2v) is 8.73. The molecule has 33 heavy (non-hydrogen) atoms. The van der Waals surface area contributed by atoms with E-state index in [0.29, 0.717) is 35.4 Å². The maximum atomic E-state index is 13.1. The van der Waals surface area contributed by atoms with Crippen LogP contribution in [0.25, 0.3) is 6.08 Å². The first-order chi connectivity index (χ1) is 16.0. The van der Waals surface area contributed by atoms with Gasteiger partial charge in [0.15, 0.2) is 5.76 Å². The van der Waals surface area contributed by atoms with E-state index in [1.54, 1.807) is 25.3 Å². The van der Waals surface area contributed by atoms with Crippen molar-refractivity contribution in [1.82, 2.24) is 4.90 Å². The van der Waals surface area contributed by atoms with Crippen molar-refractivity contribution in [1.29, 1.82) is 0 Å². The standard InChI is InChI=1S/C27H24ClNO4/c1-17-13-23-22(15-29(16-32-23)12-11-18-5-9-21(31-2)10-6-18)27-25(17)26(30)24(33-27)14-19-3-7-20(28)8-4-19/h3-10,13-14H,11-12,15-16H2,1-2H3/b24-14+. The van der Waals surface area contributed by atoms with E-state index in [0.717, 1.165) is 41.2 Å². The summed E-state index contributed by atoms with van der Waals surface area (Å²) < 4.78 is 17.4. The number of carbonyl (C=O) groups is 1. The van der Waals surface area contributed by atoms with Gasteiger partial charge in [-0.05, 0) is 66.4 Å². The molecule has 0 spiro atoms. The number of halogens is 1. The summed E-state index contributed by atoms with van der Waals surface area (Å²) >= 11 is 5.98. The summed E-state index contributed by atoms with van der Waals surface area (Å²) in [6.07, 6.45) is 2.65. The molecule has 0 amide bonds. The minimum atomic E-state index is -0.101. The number of ether oxygens (including phenoxy) is 3. The molecule has 0 N–H and O–H groups in total. The van der Waals surface area contributed by atoms with Crippen LogP contribution in [0.3, 0.4) is 0 Å². The van der Waals surface area contributed by atoms with Crippen molar-refractivity contribution in [3.63, 3.8) is 0 Å². The van der Waals surface area contributed by atoms with E-state index >= 15 is 0 Å². The number of carbonyl (C=O) groups excluding carboxylic acids is 1. The molecule has 0 unspecified atom stereocenters. The van der Waals surface area contributed by atoms with Crippen LogP contribution in [0.5, 0.6) is 17.2 Å². The average Bonchev–Trinajstić information content (AvgIpc) is 3.16. The zero-order valence-corrected chi connectivity index (χ0v) is 19.3. The highest BCUT2D eigenvalue weighted by molar-refractivity contribution is 6.30. The number of allylic oxidation sites excluding steroid dienone is 1. The third kappa shape index (κ3) is 4.34. The Morgan fingerprint density at radius 1 is 1.12 bits per heavy atom. The zero-order chi connectivity index (χ0) is 22.9. The number of rotatable bonds is 5. The molecule has 2 heterocycles. The molecule has 168 valence electrons. The van der Waals surface area contributed by atoms with Gasteiger partial charge in [0.05, 0.1) is 18.2 Å². The summed E-state index contributed by atoms with van der Waals surface area (Å²) in [5, 5.41) is 0.649. The van der Waals surface area contributed by atoms with Crippen molar-refractivity contribution >= 4 is 23.5 Å². The fourth-order valence-electron chi connectivity index (χ4n) is 4.21. The Hall–Kier alpha value is -3.28. The minimum absolute atomic E-state index is 0.101. The zero-order valence-electron chi connectivity index (χ0n) is 18.6.